The van der Waals surface area contributed by atoms with Crippen molar-refractivity contribution < 1.29 is 4.79 Å². The maximum absolute atomic E-state index is 12.7. The number of nitrogens with one attached hydrogen (secondary N) is 1. The van der Waals surface area contributed by atoms with Gasteiger partial charge in [0.15, 0.2) is 0 Å². The fraction of sp³-hybridized carbons (Fsp3) is 0.429. The summed E-state index contributed by atoms with van der Waals surface area (Å²) in [7, 11) is 1.97. The number of benzene rings is 1. The van der Waals surface area contributed by atoms with Crippen molar-refractivity contribution in [2.24, 2.45) is 7.05 Å². The van der Waals surface area contributed by atoms with Crippen molar-refractivity contribution in [2.45, 2.75) is 39.4 Å². The highest BCUT2D eigenvalue weighted by molar-refractivity contribution is 6.06. The van der Waals surface area contributed by atoms with Crippen LogP contribution in [0.3, 0.4) is 0 Å². The number of rotatable bonds is 6. The minimum Gasteiger partial charge on any atom is -0.350 e. The molecule has 4 rings (SSSR count). The Morgan fingerprint density at radius 2 is 2.11 bits per heavy atom. The van der Waals surface area contributed by atoms with Crippen LogP contribution in [0, 0.1) is 0 Å². The molecule has 1 amide bonds. The lowest BCUT2D eigenvalue weighted by atomic mass is 10.1. The van der Waals surface area contributed by atoms with Crippen molar-refractivity contribution in [3.8, 4) is 0 Å². The molecule has 0 fully saturated rings. The molecule has 0 radical (unpaired) electrons. The van der Waals surface area contributed by atoms with Crippen LogP contribution in [0.25, 0.3) is 10.9 Å². The molecular weight excluding hydrogens is 338 g/mol. The highest BCUT2D eigenvalue weighted by Gasteiger charge is 2.19. The van der Waals surface area contributed by atoms with E-state index in [0.29, 0.717) is 12.1 Å². The molecule has 6 nitrogen and oxygen atoms in total. The van der Waals surface area contributed by atoms with Gasteiger partial charge in [0.1, 0.15) is 0 Å². The van der Waals surface area contributed by atoms with E-state index in [4.69, 9.17) is 0 Å². The number of fused-ring (bicyclic) bond motifs is 2. The largest absolute Gasteiger partial charge is 0.350 e. The Morgan fingerprint density at radius 3 is 2.96 bits per heavy atom. The van der Waals surface area contributed by atoms with Crippen LogP contribution in [0.1, 0.15) is 41.5 Å². The highest BCUT2D eigenvalue weighted by atomic mass is 16.1. The van der Waals surface area contributed by atoms with E-state index in [0.717, 1.165) is 42.8 Å². The van der Waals surface area contributed by atoms with Crippen LogP contribution >= 0.6 is 0 Å². The number of hydrogen-bond donors (Lipinski definition) is 1. The highest BCUT2D eigenvalue weighted by Crippen LogP contribution is 2.20. The van der Waals surface area contributed by atoms with Gasteiger partial charge in [-0.25, -0.2) is 0 Å². The van der Waals surface area contributed by atoms with Gasteiger partial charge in [0.05, 0.1) is 30.0 Å². The zero-order chi connectivity index (χ0) is 18.8. The van der Waals surface area contributed by atoms with Crippen LogP contribution in [-0.4, -0.2) is 38.2 Å². The summed E-state index contributed by atoms with van der Waals surface area (Å²) in [5.74, 6) is -0.0534. The average molecular weight is 365 g/mol. The number of para-hydroxylation sites is 1. The SMILES string of the molecule is CCCCN1CCn2nc(CNC(=O)c3cn(C)c4ccccc34)cc2C1. The third-order valence-corrected chi connectivity index (χ3v) is 5.33. The third kappa shape index (κ3) is 3.62. The van der Waals surface area contributed by atoms with E-state index in [9.17, 15) is 4.79 Å². The van der Waals surface area contributed by atoms with E-state index in [1.165, 1.54) is 18.5 Å². The number of nitrogens with zero attached hydrogens (tertiary/aromatic N) is 4. The Hall–Kier alpha value is -2.60. The average Bonchev–Trinajstić information content (AvgIpc) is 3.25. The topological polar surface area (TPSA) is 55.1 Å². The van der Waals surface area contributed by atoms with Gasteiger partial charge in [-0.2, -0.15) is 5.10 Å². The standard InChI is InChI=1S/C21H27N5O/c1-3-4-9-25-10-11-26-17(14-25)12-16(23-26)13-22-21(27)19-15-24(2)20-8-6-5-7-18(19)20/h5-8,12,15H,3-4,9-11,13-14H2,1-2H3,(H,22,27). The van der Waals surface area contributed by atoms with Crippen molar-refractivity contribution in [3.05, 3.63) is 53.5 Å². The van der Waals surface area contributed by atoms with E-state index in [-0.39, 0.29) is 5.91 Å². The van der Waals surface area contributed by atoms with Crippen LogP contribution < -0.4 is 5.32 Å². The van der Waals surface area contributed by atoms with Crippen molar-refractivity contribution in [1.82, 2.24) is 24.6 Å². The van der Waals surface area contributed by atoms with Gasteiger partial charge in [-0.05, 0) is 25.1 Å². The van der Waals surface area contributed by atoms with E-state index < -0.39 is 0 Å². The van der Waals surface area contributed by atoms with Gasteiger partial charge in [0, 0.05) is 37.2 Å². The second-order valence-electron chi connectivity index (χ2n) is 7.33. The molecule has 0 saturated carbocycles. The Morgan fingerprint density at radius 1 is 1.26 bits per heavy atom. The summed E-state index contributed by atoms with van der Waals surface area (Å²) in [5.41, 5.74) is 3.94. The summed E-state index contributed by atoms with van der Waals surface area (Å²) in [6.45, 7) is 6.76. The molecule has 0 atom stereocenters. The zero-order valence-corrected chi connectivity index (χ0v) is 16.1. The monoisotopic (exact) mass is 365 g/mol. The van der Waals surface area contributed by atoms with Crippen molar-refractivity contribution in [2.75, 3.05) is 13.1 Å². The van der Waals surface area contributed by atoms with Gasteiger partial charge >= 0.3 is 0 Å². The molecule has 2 aromatic heterocycles. The summed E-state index contributed by atoms with van der Waals surface area (Å²) in [4.78, 5) is 15.2. The molecule has 0 aliphatic carbocycles. The summed E-state index contributed by atoms with van der Waals surface area (Å²) in [5, 5.41) is 8.68. The minimum atomic E-state index is -0.0534. The van der Waals surface area contributed by atoms with Crippen LogP contribution in [0.2, 0.25) is 0 Å². The zero-order valence-electron chi connectivity index (χ0n) is 16.1. The van der Waals surface area contributed by atoms with E-state index in [1.807, 2.05) is 42.1 Å². The Labute approximate surface area is 159 Å². The van der Waals surface area contributed by atoms with Gasteiger partial charge in [-0.1, -0.05) is 31.5 Å². The van der Waals surface area contributed by atoms with Crippen molar-refractivity contribution >= 4 is 16.8 Å². The molecule has 3 heterocycles. The first-order valence-electron chi connectivity index (χ1n) is 9.76. The minimum absolute atomic E-state index is 0.0534. The molecule has 1 aliphatic heterocycles. The fourth-order valence-electron chi connectivity index (χ4n) is 3.83. The van der Waals surface area contributed by atoms with E-state index >= 15 is 0 Å². The number of carbonyl (C=O) groups is 1. The number of aryl methyl sites for hydroxylation is 1. The molecular formula is C21H27N5O. The summed E-state index contributed by atoms with van der Waals surface area (Å²) in [6, 6.07) is 10.1. The van der Waals surface area contributed by atoms with Gasteiger partial charge in [0.2, 0.25) is 0 Å². The molecule has 6 heteroatoms. The summed E-state index contributed by atoms with van der Waals surface area (Å²) < 4.78 is 4.08. The van der Waals surface area contributed by atoms with Gasteiger partial charge in [0.25, 0.3) is 5.91 Å². The molecule has 3 aromatic rings. The van der Waals surface area contributed by atoms with Crippen LogP contribution in [0.5, 0.6) is 0 Å². The lowest BCUT2D eigenvalue weighted by molar-refractivity contribution is 0.0952. The molecule has 0 spiro atoms. The first-order chi connectivity index (χ1) is 13.2. The van der Waals surface area contributed by atoms with Crippen LogP contribution in [0.4, 0.5) is 0 Å². The first-order valence-corrected chi connectivity index (χ1v) is 9.76. The number of unbranched alkanes of at least 4 members (excludes halogenated alkanes) is 1. The second kappa shape index (κ2) is 7.56. The van der Waals surface area contributed by atoms with Crippen LogP contribution in [0.15, 0.2) is 36.5 Å². The summed E-state index contributed by atoms with van der Waals surface area (Å²) in [6.07, 6.45) is 4.35. The maximum Gasteiger partial charge on any atom is 0.253 e. The predicted octanol–water partition coefficient (Wildman–Crippen LogP) is 2.92. The normalized spacial score (nSPS) is 14.4. The lowest BCUT2D eigenvalue weighted by Gasteiger charge is -2.27. The quantitative estimate of drug-likeness (QED) is 0.731. The molecule has 0 bridgehead atoms. The smallest absolute Gasteiger partial charge is 0.253 e. The van der Waals surface area contributed by atoms with E-state index in [2.05, 4.69) is 33.0 Å². The molecule has 142 valence electrons. The maximum atomic E-state index is 12.7. The van der Waals surface area contributed by atoms with Crippen molar-refractivity contribution in [3.63, 3.8) is 0 Å². The molecule has 1 N–H and O–H groups in total. The molecule has 27 heavy (non-hydrogen) atoms. The Kier molecular flexibility index (Phi) is 4.99. The first kappa shape index (κ1) is 17.8. The molecule has 0 unspecified atom stereocenters. The molecule has 1 aliphatic rings. The Bertz CT molecular complexity index is 955. The van der Waals surface area contributed by atoms with Gasteiger partial charge in [-0.15, -0.1) is 0 Å². The van der Waals surface area contributed by atoms with Gasteiger partial charge in [-0.3, -0.25) is 14.4 Å². The Balaban J connectivity index is 1.42. The van der Waals surface area contributed by atoms with Gasteiger partial charge < -0.3 is 9.88 Å². The molecule has 0 saturated heterocycles. The summed E-state index contributed by atoms with van der Waals surface area (Å²) >= 11 is 0. The number of carbonyl (C=O) groups excluding carboxylic acids is 1. The second-order valence-corrected chi connectivity index (χ2v) is 7.33. The number of amides is 1. The van der Waals surface area contributed by atoms with Crippen LogP contribution in [-0.2, 0) is 26.7 Å². The lowest BCUT2D eigenvalue weighted by Crippen LogP contribution is -2.34. The molecule has 1 aromatic carbocycles. The van der Waals surface area contributed by atoms with E-state index in [1.54, 1.807) is 0 Å². The number of aromatic nitrogens is 3. The predicted molar refractivity (Wildman–Crippen MR) is 107 cm³/mol. The fourth-order valence-corrected chi connectivity index (χ4v) is 3.83. The third-order valence-electron chi connectivity index (χ3n) is 5.33. The number of hydrogen-bond acceptors (Lipinski definition) is 3. The van der Waals surface area contributed by atoms with Crippen molar-refractivity contribution in [1.29, 1.82) is 0 Å².